The minimum Gasteiger partial charge on any atom is -0.481 e. The van der Waals surface area contributed by atoms with Gasteiger partial charge in [0.15, 0.2) is 0 Å². The van der Waals surface area contributed by atoms with Crippen molar-refractivity contribution in [2.75, 3.05) is 6.54 Å². The molecule has 1 unspecified atom stereocenters. The molecule has 1 fully saturated rings. The predicted molar refractivity (Wildman–Crippen MR) is 62.4 cm³/mol. The average molecular weight is 282 g/mol. The quantitative estimate of drug-likeness (QED) is 0.768. The second kappa shape index (κ2) is 5.24. The van der Waals surface area contributed by atoms with Crippen LogP contribution >= 0.6 is 0 Å². The molecule has 8 heteroatoms. The van der Waals surface area contributed by atoms with Gasteiger partial charge >= 0.3 is 11.9 Å². The van der Waals surface area contributed by atoms with E-state index in [-0.39, 0.29) is 18.5 Å². The Labute approximate surface area is 112 Å². The second-order valence-corrected chi connectivity index (χ2v) is 4.42. The molecule has 20 heavy (non-hydrogen) atoms. The number of likely N-dealkylation sites (tertiary alicyclic amines) is 1. The number of hydrogen-bond donors (Lipinski definition) is 2. The highest BCUT2D eigenvalue weighted by molar-refractivity contribution is 5.97. The maximum Gasteiger partial charge on any atom is 0.326 e. The molecule has 1 aromatic heterocycles. The first-order chi connectivity index (χ1) is 9.41. The molecule has 0 aromatic carbocycles. The van der Waals surface area contributed by atoms with Crippen molar-refractivity contribution in [2.45, 2.75) is 12.5 Å². The summed E-state index contributed by atoms with van der Waals surface area (Å²) >= 11 is 0. The molecule has 1 aliphatic rings. The number of carbonyl (C=O) groups is 3. The van der Waals surface area contributed by atoms with Gasteiger partial charge in [-0.2, -0.15) is 4.39 Å². The van der Waals surface area contributed by atoms with Crippen molar-refractivity contribution < 1.29 is 29.0 Å². The van der Waals surface area contributed by atoms with Crippen LogP contribution in [0, 0.1) is 11.9 Å². The highest BCUT2D eigenvalue weighted by atomic mass is 19.1. The van der Waals surface area contributed by atoms with Gasteiger partial charge in [0.05, 0.1) is 11.5 Å². The number of carbonyl (C=O) groups excluding carboxylic acids is 1. The predicted octanol–water partition coefficient (Wildman–Crippen LogP) is 0.221. The van der Waals surface area contributed by atoms with Crippen LogP contribution in [0.5, 0.6) is 0 Å². The lowest BCUT2D eigenvalue weighted by Crippen LogP contribution is -2.41. The van der Waals surface area contributed by atoms with Crippen molar-refractivity contribution in [2.24, 2.45) is 5.92 Å². The van der Waals surface area contributed by atoms with Crippen LogP contribution in [0.3, 0.4) is 0 Å². The summed E-state index contributed by atoms with van der Waals surface area (Å²) in [6.45, 7) is -0.264. The summed E-state index contributed by atoms with van der Waals surface area (Å²) in [4.78, 5) is 38.3. The lowest BCUT2D eigenvalue weighted by atomic mass is 10.1. The molecule has 106 valence electrons. The molecular formula is C12H11FN2O5. The summed E-state index contributed by atoms with van der Waals surface area (Å²) in [7, 11) is 0. The Morgan fingerprint density at radius 1 is 1.30 bits per heavy atom. The third-order valence-corrected chi connectivity index (χ3v) is 3.19. The standard InChI is InChI=1S/C12H11FN2O5/c13-9-7(2-1-3-14-9)10(16)15-5-6(11(17)18)4-8(15)12(19)20/h1-3,6,8H,4-5H2,(H,17,18)(H,19,20)/t6?,8-/m0/s1. The molecule has 2 atom stereocenters. The summed E-state index contributed by atoms with van der Waals surface area (Å²) in [6, 6.07) is 1.25. The largest absolute Gasteiger partial charge is 0.481 e. The van der Waals surface area contributed by atoms with Gasteiger partial charge < -0.3 is 15.1 Å². The van der Waals surface area contributed by atoms with Crippen LogP contribution in [0.2, 0.25) is 0 Å². The van der Waals surface area contributed by atoms with Crippen molar-refractivity contribution in [1.29, 1.82) is 0 Å². The minimum absolute atomic E-state index is 0.196. The molecule has 1 aliphatic heterocycles. The normalized spacial score (nSPS) is 21.8. The van der Waals surface area contributed by atoms with E-state index in [0.717, 1.165) is 11.1 Å². The monoisotopic (exact) mass is 282 g/mol. The van der Waals surface area contributed by atoms with Crippen LogP contribution in [0.15, 0.2) is 18.3 Å². The molecule has 0 saturated carbocycles. The van der Waals surface area contributed by atoms with E-state index in [9.17, 15) is 18.8 Å². The zero-order chi connectivity index (χ0) is 14.9. The number of carboxylic acid groups (broad SMARTS) is 2. The number of nitrogens with zero attached hydrogens (tertiary/aromatic N) is 2. The van der Waals surface area contributed by atoms with Gasteiger partial charge in [0, 0.05) is 12.7 Å². The number of rotatable bonds is 3. The van der Waals surface area contributed by atoms with Crippen LogP contribution in [0.1, 0.15) is 16.8 Å². The van der Waals surface area contributed by atoms with E-state index < -0.39 is 35.8 Å². The topological polar surface area (TPSA) is 108 Å². The van der Waals surface area contributed by atoms with Gasteiger partial charge in [-0.05, 0) is 18.6 Å². The van der Waals surface area contributed by atoms with Crippen molar-refractivity contribution >= 4 is 17.8 Å². The third kappa shape index (κ3) is 2.44. The Morgan fingerprint density at radius 2 is 2.00 bits per heavy atom. The van der Waals surface area contributed by atoms with Crippen molar-refractivity contribution in [3.05, 3.63) is 29.8 Å². The first-order valence-electron chi connectivity index (χ1n) is 5.79. The van der Waals surface area contributed by atoms with Crippen LogP contribution < -0.4 is 0 Å². The van der Waals surface area contributed by atoms with Gasteiger partial charge in [-0.15, -0.1) is 0 Å². The van der Waals surface area contributed by atoms with Gasteiger partial charge in [0.2, 0.25) is 5.95 Å². The molecule has 2 rings (SSSR count). The van der Waals surface area contributed by atoms with Crippen LogP contribution in [-0.2, 0) is 9.59 Å². The fraction of sp³-hybridized carbons (Fsp3) is 0.333. The maximum atomic E-state index is 13.5. The van der Waals surface area contributed by atoms with Crippen LogP contribution in [0.25, 0.3) is 0 Å². The van der Waals surface area contributed by atoms with Crippen LogP contribution in [-0.4, -0.2) is 50.5 Å². The fourth-order valence-corrected chi connectivity index (χ4v) is 2.17. The summed E-state index contributed by atoms with van der Waals surface area (Å²) in [5, 5.41) is 18.0. The smallest absolute Gasteiger partial charge is 0.326 e. The molecular weight excluding hydrogens is 271 g/mol. The molecule has 1 aromatic rings. The molecule has 7 nitrogen and oxygen atoms in total. The zero-order valence-corrected chi connectivity index (χ0v) is 10.2. The van der Waals surface area contributed by atoms with E-state index in [1.807, 2.05) is 0 Å². The molecule has 2 heterocycles. The van der Waals surface area contributed by atoms with Gasteiger partial charge in [-0.3, -0.25) is 9.59 Å². The van der Waals surface area contributed by atoms with Crippen LogP contribution in [0.4, 0.5) is 4.39 Å². The van der Waals surface area contributed by atoms with E-state index >= 15 is 0 Å². The van der Waals surface area contributed by atoms with Crippen molar-refractivity contribution in [3.63, 3.8) is 0 Å². The van der Waals surface area contributed by atoms with E-state index in [2.05, 4.69) is 4.98 Å². The minimum atomic E-state index is -1.31. The van der Waals surface area contributed by atoms with Crippen molar-refractivity contribution in [1.82, 2.24) is 9.88 Å². The highest BCUT2D eigenvalue weighted by Gasteiger charge is 2.43. The number of amides is 1. The van der Waals surface area contributed by atoms with Gasteiger partial charge in [-0.1, -0.05) is 0 Å². The SMILES string of the molecule is O=C(O)C1C[C@@H](C(=O)O)N(C(=O)c2cccnc2F)C1. The summed E-state index contributed by atoms with van der Waals surface area (Å²) in [6.07, 6.45) is 0.961. The number of carboxylic acids is 2. The van der Waals surface area contributed by atoms with E-state index in [0.29, 0.717) is 0 Å². The zero-order valence-electron chi connectivity index (χ0n) is 10.2. The van der Waals surface area contributed by atoms with E-state index in [1.165, 1.54) is 12.1 Å². The van der Waals surface area contributed by atoms with E-state index in [4.69, 9.17) is 10.2 Å². The summed E-state index contributed by atoms with van der Waals surface area (Å²) < 4.78 is 13.5. The maximum absolute atomic E-state index is 13.5. The Morgan fingerprint density at radius 3 is 2.55 bits per heavy atom. The molecule has 2 N–H and O–H groups in total. The highest BCUT2D eigenvalue weighted by Crippen LogP contribution is 2.26. The van der Waals surface area contributed by atoms with Gasteiger partial charge in [-0.25, -0.2) is 9.78 Å². The first-order valence-corrected chi connectivity index (χ1v) is 5.79. The fourth-order valence-electron chi connectivity index (χ4n) is 2.17. The Kier molecular flexibility index (Phi) is 3.64. The number of aliphatic carboxylic acids is 2. The molecule has 0 bridgehead atoms. The molecule has 1 saturated heterocycles. The van der Waals surface area contributed by atoms with Gasteiger partial charge in [0.1, 0.15) is 6.04 Å². The summed E-state index contributed by atoms with van der Waals surface area (Å²) in [5.41, 5.74) is -0.371. The Balaban J connectivity index is 2.30. The number of aromatic nitrogens is 1. The Hall–Kier alpha value is -2.51. The molecule has 0 radical (unpaired) electrons. The summed E-state index contributed by atoms with van der Waals surface area (Å²) in [5.74, 6) is -5.35. The molecule has 0 spiro atoms. The van der Waals surface area contributed by atoms with Gasteiger partial charge in [0.25, 0.3) is 5.91 Å². The lowest BCUT2D eigenvalue weighted by Gasteiger charge is -2.21. The first kappa shape index (κ1) is 13.9. The lowest BCUT2D eigenvalue weighted by molar-refractivity contribution is -0.141. The second-order valence-electron chi connectivity index (χ2n) is 4.42. The Bertz CT molecular complexity index is 577. The molecule has 1 amide bonds. The molecule has 0 aliphatic carbocycles. The number of hydrogen-bond acceptors (Lipinski definition) is 4. The third-order valence-electron chi connectivity index (χ3n) is 3.19. The van der Waals surface area contributed by atoms with Crippen molar-refractivity contribution in [3.8, 4) is 0 Å². The average Bonchev–Trinajstić information content (AvgIpc) is 2.84. The number of pyridine rings is 1. The van der Waals surface area contributed by atoms with E-state index in [1.54, 1.807) is 0 Å². The number of halogens is 1.